The van der Waals surface area contributed by atoms with E-state index < -0.39 is 27.6 Å². The van der Waals surface area contributed by atoms with Crippen LogP contribution in [0.3, 0.4) is 0 Å². The Balaban J connectivity index is 1.44. The molecule has 0 radical (unpaired) electrons. The van der Waals surface area contributed by atoms with Crippen molar-refractivity contribution in [2.24, 2.45) is 5.14 Å². The Labute approximate surface area is 217 Å². The van der Waals surface area contributed by atoms with E-state index in [-0.39, 0.29) is 28.4 Å². The van der Waals surface area contributed by atoms with Gasteiger partial charge in [0.25, 0.3) is 0 Å². The Morgan fingerprint density at radius 2 is 1.68 bits per heavy atom. The topological polar surface area (TPSA) is 92.5 Å². The molecule has 0 bridgehead atoms. The Hall–Kier alpha value is -3.44. The minimum absolute atomic E-state index is 0.0325. The second-order valence-corrected chi connectivity index (χ2v) is 11.4. The number of amides is 2. The molecule has 0 saturated heterocycles. The van der Waals surface area contributed by atoms with Crippen molar-refractivity contribution in [3.8, 4) is 11.1 Å². The summed E-state index contributed by atoms with van der Waals surface area (Å²) in [7, 11) is -3.82. The van der Waals surface area contributed by atoms with E-state index in [1.54, 1.807) is 29.2 Å². The summed E-state index contributed by atoms with van der Waals surface area (Å²) in [5.74, 6) is -0.961. The maximum atomic E-state index is 13.7. The quantitative estimate of drug-likeness (QED) is 0.411. The highest BCUT2D eigenvalue weighted by Gasteiger charge is 2.46. The van der Waals surface area contributed by atoms with E-state index in [9.17, 15) is 30.8 Å². The number of anilines is 1. The number of carbonyl (C=O) groups excluding carboxylic acids is 1. The van der Waals surface area contributed by atoms with E-state index >= 15 is 0 Å². The molecule has 2 aliphatic rings. The molecule has 0 unspecified atom stereocenters. The minimum atomic E-state index is -4.72. The number of fused-ring (bicyclic) bond motifs is 2. The molecule has 3 aromatic rings. The lowest BCUT2D eigenvalue weighted by Crippen LogP contribution is -2.41. The van der Waals surface area contributed by atoms with E-state index in [0.717, 1.165) is 43.4 Å². The van der Waals surface area contributed by atoms with Crippen LogP contribution in [0.5, 0.6) is 0 Å². The number of rotatable bonds is 4. The maximum Gasteiger partial charge on any atom is 0.417 e. The second-order valence-electron chi connectivity index (χ2n) is 9.84. The van der Waals surface area contributed by atoms with Gasteiger partial charge >= 0.3 is 12.2 Å². The van der Waals surface area contributed by atoms with Crippen molar-refractivity contribution in [3.63, 3.8) is 0 Å². The van der Waals surface area contributed by atoms with Crippen molar-refractivity contribution in [2.45, 2.75) is 48.7 Å². The first kappa shape index (κ1) is 26.2. The molecule has 6 nitrogen and oxygen atoms in total. The molecule has 2 amide bonds. The van der Waals surface area contributed by atoms with Crippen LogP contribution >= 0.6 is 0 Å². The number of sulfonamides is 1. The van der Waals surface area contributed by atoms with Gasteiger partial charge in [0.1, 0.15) is 5.82 Å². The van der Waals surface area contributed by atoms with Gasteiger partial charge in [-0.15, -0.1) is 0 Å². The van der Waals surface area contributed by atoms with Crippen molar-refractivity contribution in [3.05, 3.63) is 83.2 Å². The maximum absolute atomic E-state index is 13.7. The first-order chi connectivity index (χ1) is 17.9. The summed E-state index contributed by atoms with van der Waals surface area (Å²) in [5, 5.41) is 7.96. The number of nitrogens with zero attached hydrogens (tertiary/aromatic N) is 1. The molecule has 1 fully saturated rings. The standard InChI is InChI=1S/C27H25F4N3O3S/c28-19-6-9-21(22(14-19)27(29,30)31)18-5-10-24-23(13-18)26(11-1-2-12-26)16-34(24)25(35)33-15-17-3-7-20(8-4-17)38(32,36)37/h3-10,13-14H,1-2,11-12,15-16H2,(H,33,35)(H2,32,36,37). The van der Waals surface area contributed by atoms with Crippen LogP contribution in [0.25, 0.3) is 11.1 Å². The van der Waals surface area contributed by atoms with Crippen LogP contribution in [0, 0.1) is 5.82 Å². The number of halogens is 4. The van der Waals surface area contributed by atoms with Gasteiger partial charge < -0.3 is 5.32 Å². The summed E-state index contributed by atoms with van der Waals surface area (Å²) in [5.41, 5.74) is 0.926. The average molecular weight is 548 g/mol. The Morgan fingerprint density at radius 1 is 1.00 bits per heavy atom. The number of urea groups is 1. The largest absolute Gasteiger partial charge is 0.417 e. The van der Waals surface area contributed by atoms with Gasteiger partial charge in [-0.3, -0.25) is 4.90 Å². The third-order valence-electron chi connectivity index (χ3n) is 7.42. The second kappa shape index (κ2) is 9.39. The van der Waals surface area contributed by atoms with E-state index in [2.05, 4.69) is 5.32 Å². The summed E-state index contributed by atoms with van der Waals surface area (Å²) in [6.07, 6.45) is -1.23. The fourth-order valence-electron chi connectivity index (χ4n) is 5.57. The summed E-state index contributed by atoms with van der Waals surface area (Å²) in [6.45, 7) is 0.544. The van der Waals surface area contributed by atoms with Crippen LogP contribution in [0.15, 0.2) is 65.6 Å². The number of primary sulfonamides is 1. The van der Waals surface area contributed by atoms with Gasteiger partial charge in [-0.25, -0.2) is 22.7 Å². The predicted octanol–water partition coefficient (Wildman–Crippen LogP) is 5.70. The molecule has 1 spiro atoms. The highest BCUT2D eigenvalue weighted by atomic mass is 32.2. The lowest BCUT2D eigenvalue weighted by Gasteiger charge is -2.25. The predicted molar refractivity (Wildman–Crippen MR) is 134 cm³/mol. The molecule has 3 aromatic carbocycles. The summed E-state index contributed by atoms with van der Waals surface area (Å²) < 4.78 is 77.7. The number of carbonyl (C=O) groups is 1. The summed E-state index contributed by atoms with van der Waals surface area (Å²) >= 11 is 0. The zero-order chi connectivity index (χ0) is 27.3. The van der Waals surface area contributed by atoms with Crippen molar-refractivity contribution in [1.29, 1.82) is 0 Å². The van der Waals surface area contributed by atoms with Crippen LogP contribution in [0.2, 0.25) is 0 Å². The van der Waals surface area contributed by atoms with Gasteiger partial charge in [-0.05, 0) is 71.5 Å². The SMILES string of the molecule is NS(=O)(=O)c1ccc(CNC(=O)N2CC3(CCCC3)c3cc(-c4ccc(F)cc4C(F)(F)F)ccc32)cc1. The van der Waals surface area contributed by atoms with Gasteiger partial charge in [0.15, 0.2) is 0 Å². The normalized spacial score (nSPS) is 16.6. The summed E-state index contributed by atoms with van der Waals surface area (Å²) in [4.78, 5) is 14.8. The molecule has 3 N–H and O–H groups in total. The first-order valence-electron chi connectivity index (χ1n) is 12.1. The monoisotopic (exact) mass is 547 g/mol. The third kappa shape index (κ3) is 4.88. The van der Waals surface area contributed by atoms with Crippen LogP contribution in [-0.2, 0) is 28.2 Å². The van der Waals surface area contributed by atoms with Crippen LogP contribution in [0.1, 0.15) is 42.4 Å². The van der Waals surface area contributed by atoms with E-state index in [1.807, 2.05) is 0 Å². The molecule has 1 saturated carbocycles. The minimum Gasteiger partial charge on any atom is -0.334 e. The number of hydrogen-bond acceptors (Lipinski definition) is 3. The fraction of sp³-hybridized carbons (Fsp3) is 0.296. The lowest BCUT2D eigenvalue weighted by atomic mass is 9.79. The molecule has 0 atom stereocenters. The van der Waals surface area contributed by atoms with E-state index in [4.69, 9.17) is 5.14 Å². The van der Waals surface area contributed by atoms with Crippen molar-refractivity contribution < 1.29 is 30.8 Å². The molecule has 200 valence electrons. The number of nitrogens with one attached hydrogen (secondary N) is 1. The number of nitrogens with two attached hydrogens (primary N) is 1. The molecule has 38 heavy (non-hydrogen) atoms. The first-order valence-corrected chi connectivity index (χ1v) is 13.6. The van der Waals surface area contributed by atoms with Crippen molar-refractivity contribution in [2.75, 3.05) is 11.4 Å². The van der Waals surface area contributed by atoms with Crippen LogP contribution < -0.4 is 15.4 Å². The molecular weight excluding hydrogens is 522 g/mol. The van der Waals surface area contributed by atoms with Crippen LogP contribution in [-0.4, -0.2) is 21.0 Å². The number of alkyl halides is 3. The molecule has 11 heteroatoms. The van der Waals surface area contributed by atoms with Crippen molar-refractivity contribution >= 4 is 21.7 Å². The van der Waals surface area contributed by atoms with E-state index in [1.165, 1.54) is 18.2 Å². The molecule has 1 aliphatic heterocycles. The highest BCUT2D eigenvalue weighted by Crippen LogP contribution is 2.52. The summed E-state index contributed by atoms with van der Waals surface area (Å²) in [6, 6.07) is 13.0. The zero-order valence-electron chi connectivity index (χ0n) is 20.2. The zero-order valence-corrected chi connectivity index (χ0v) is 21.0. The highest BCUT2D eigenvalue weighted by molar-refractivity contribution is 7.89. The van der Waals surface area contributed by atoms with Gasteiger partial charge in [0.2, 0.25) is 10.0 Å². The molecule has 1 aliphatic carbocycles. The molecule has 0 aromatic heterocycles. The van der Waals surface area contributed by atoms with Gasteiger partial charge in [-0.1, -0.05) is 37.1 Å². The Bertz CT molecular complexity index is 1500. The lowest BCUT2D eigenvalue weighted by molar-refractivity contribution is -0.137. The molecule has 1 heterocycles. The average Bonchev–Trinajstić information content (AvgIpc) is 3.47. The van der Waals surface area contributed by atoms with Crippen molar-refractivity contribution in [1.82, 2.24) is 5.32 Å². The van der Waals surface area contributed by atoms with E-state index in [0.29, 0.717) is 29.4 Å². The van der Waals surface area contributed by atoms with Gasteiger partial charge in [-0.2, -0.15) is 13.2 Å². The van der Waals surface area contributed by atoms with Crippen LogP contribution in [0.4, 0.5) is 28.0 Å². The smallest absolute Gasteiger partial charge is 0.334 e. The Kier molecular flexibility index (Phi) is 6.47. The van der Waals surface area contributed by atoms with Gasteiger partial charge in [0.05, 0.1) is 10.5 Å². The third-order valence-corrected chi connectivity index (χ3v) is 8.35. The number of benzene rings is 3. The fourth-order valence-corrected chi connectivity index (χ4v) is 6.09. The van der Waals surface area contributed by atoms with Gasteiger partial charge in [0, 0.05) is 24.2 Å². The molecule has 5 rings (SSSR count). The Morgan fingerprint density at radius 3 is 2.32 bits per heavy atom. The molecular formula is C27H25F4N3O3S. The number of hydrogen-bond donors (Lipinski definition) is 2.